The van der Waals surface area contributed by atoms with Crippen LogP contribution < -0.4 is 0 Å². The summed E-state index contributed by atoms with van der Waals surface area (Å²) in [5.41, 5.74) is 0. The molecule has 1 aromatic carbocycles. The van der Waals surface area contributed by atoms with Crippen LogP contribution in [0.2, 0.25) is 10.0 Å². The van der Waals surface area contributed by atoms with Gasteiger partial charge in [-0.1, -0.05) is 34.4 Å². The van der Waals surface area contributed by atoms with Gasteiger partial charge in [0.2, 0.25) is 5.89 Å². The van der Waals surface area contributed by atoms with Crippen molar-refractivity contribution in [2.45, 2.75) is 17.6 Å². The van der Waals surface area contributed by atoms with Gasteiger partial charge < -0.3 is 4.52 Å². The number of aryl methyl sites for hydroxylation is 1. The maximum atomic E-state index is 12.2. The molecule has 0 aliphatic carbocycles. The fourth-order valence-electron chi connectivity index (χ4n) is 1.42. The fraction of sp³-hybridized carbons (Fsp3) is 0.200. The van der Waals surface area contributed by atoms with E-state index in [2.05, 4.69) is 10.1 Å². The molecule has 0 spiro atoms. The van der Waals surface area contributed by atoms with Crippen LogP contribution in [0.5, 0.6) is 0 Å². The van der Waals surface area contributed by atoms with Crippen molar-refractivity contribution in [1.29, 1.82) is 0 Å². The summed E-state index contributed by atoms with van der Waals surface area (Å²) >= 11 is 11.7. The first-order valence-corrected chi connectivity index (χ1v) is 7.27. The molecule has 0 radical (unpaired) electrons. The average molecular weight is 307 g/mol. The highest BCUT2D eigenvalue weighted by Crippen LogP contribution is 2.30. The fourth-order valence-corrected chi connectivity index (χ4v) is 3.86. The van der Waals surface area contributed by atoms with Crippen LogP contribution in [0, 0.1) is 6.92 Å². The summed E-state index contributed by atoms with van der Waals surface area (Å²) in [5.74, 6) is -0.0395. The summed E-state index contributed by atoms with van der Waals surface area (Å²) in [6, 6.07) is 4.49. The van der Waals surface area contributed by atoms with E-state index in [4.69, 9.17) is 27.7 Å². The third-order valence-corrected chi connectivity index (χ3v) is 4.67. The second-order valence-electron chi connectivity index (χ2n) is 3.54. The highest BCUT2D eigenvalue weighted by molar-refractivity contribution is 7.90. The van der Waals surface area contributed by atoms with Gasteiger partial charge in [-0.3, -0.25) is 0 Å². The zero-order chi connectivity index (χ0) is 13.3. The summed E-state index contributed by atoms with van der Waals surface area (Å²) in [4.78, 5) is 3.72. The summed E-state index contributed by atoms with van der Waals surface area (Å²) in [7, 11) is -3.71. The molecule has 0 N–H and O–H groups in total. The number of aromatic nitrogens is 2. The van der Waals surface area contributed by atoms with Crippen LogP contribution in [0.4, 0.5) is 0 Å². The van der Waals surface area contributed by atoms with Crippen LogP contribution in [0.25, 0.3) is 0 Å². The number of rotatable bonds is 3. The van der Waals surface area contributed by atoms with Crippen LogP contribution in [0.1, 0.15) is 11.7 Å². The molecule has 96 valence electrons. The number of nitrogens with zero attached hydrogens (tertiary/aromatic N) is 2. The predicted molar refractivity (Wildman–Crippen MR) is 66.4 cm³/mol. The van der Waals surface area contributed by atoms with E-state index >= 15 is 0 Å². The highest BCUT2D eigenvalue weighted by atomic mass is 35.5. The number of hydrogen-bond acceptors (Lipinski definition) is 5. The molecule has 5 nitrogen and oxygen atoms in total. The summed E-state index contributed by atoms with van der Waals surface area (Å²) in [6.45, 7) is 1.57. The molecule has 0 saturated heterocycles. The molecule has 0 atom stereocenters. The van der Waals surface area contributed by atoms with Gasteiger partial charge >= 0.3 is 0 Å². The zero-order valence-corrected chi connectivity index (χ0v) is 11.6. The predicted octanol–water partition coefficient (Wildman–Crippen LogP) is 2.66. The van der Waals surface area contributed by atoms with Crippen molar-refractivity contribution in [3.8, 4) is 0 Å². The number of halogens is 2. The first-order chi connectivity index (χ1) is 8.40. The van der Waals surface area contributed by atoms with Gasteiger partial charge in [0.1, 0.15) is 10.6 Å². The topological polar surface area (TPSA) is 73.1 Å². The second-order valence-corrected chi connectivity index (χ2v) is 6.28. The molecular formula is C10H8Cl2N2O3S. The van der Waals surface area contributed by atoms with Gasteiger partial charge in [0.25, 0.3) is 0 Å². The first kappa shape index (κ1) is 13.3. The SMILES string of the molecule is Cc1nc(CS(=O)(=O)c2c(Cl)cccc2Cl)no1. The zero-order valence-electron chi connectivity index (χ0n) is 9.22. The third-order valence-electron chi connectivity index (χ3n) is 2.12. The molecule has 0 aliphatic rings. The van der Waals surface area contributed by atoms with Gasteiger partial charge in [-0.15, -0.1) is 0 Å². The van der Waals surface area contributed by atoms with E-state index in [9.17, 15) is 8.42 Å². The molecular weight excluding hydrogens is 299 g/mol. The van der Waals surface area contributed by atoms with Gasteiger partial charge in [0.05, 0.1) is 10.0 Å². The van der Waals surface area contributed by atoms with Crippen molar-refractivity contribution in [2.75, 3.05) is 0 Å². The third kappa shape index (κ3) is 2.66. The largest absolute Gasteiger partial charge is 0.340 e. The molecule has 0 bridgehead atoms. The minimum Gasteiger partial charge on any atom is -0.340 e. The molecule has 18 heavy (non-hydrogen) atoms. The number of sulfone groups is 1. The summed E-state index contributed by atoms with van der Waals surface area (Å²) in [6.07, 6.45) is 0. The lowest BCUT2D eigenvalue weighted by molar-refractivity contribution is 0.388. The average Bonchev–Trinajstić information content (AvgIpc) is 2.62. The van der Waals surface area contributed by atoms with Gasteiger partial charge in [0, 0.05) is 6.92 Å². The van der Waals surface area contributed by atoms with Crippen LogP contribution in [-0.4, -0.2) is 18.6 Å². The van der Waals surface area contributed by atoms with E-state index in [0.29, 0.717) is 5.89 Å². The Bertz CT molecular complexity index is 662. The van der Waals surface area contributed by atoms with Gasteiger partial charge in [0.15, 0.2) is 15.7 Å². The van der Waals surface area contributed by atoms with E-state index in [1.165, 1.54) is 12.1 Å². The Morgan fingerprint density at radius 1 is 1.28 bits per heavy atom. The standard InChI is InChI=1S/C10H8Cl2N2O3S/c1-6-13-9(14-17-6)5-18(15,16)10-7(11)3-2-4-8(10)12/h2-4H,5H2,1H3. The monoisotopic (exact) mass is 306 g/mol. The minimum atomic E-state index is -3.71. The molecule has 2 rings (SSSR count). The molecule has 0 saturated carbocycles. The Kier molecular flexibility index (Phi) is 3.61. The van der Waals surface area contributed by atoms with E-state index in [1.54, 1.807) is 13.0 Å². The van der Waals surface area contributed by atoms with Crippen LogP contribution in [0.15, 0.2) is 27.6 Å². The van der Waals surface area contributed by atoms with Crippen LogP contribution in [0.3, 0.4) is 0 Å². The summed E-state index contributed by atoms with van der Waals surface area (Å²) < 4.78 is 29.0. The quantitative estimate of drug-likeness (QED) is 0.871. The number of hydrogen-bond donors (Lipinski definition) is 0. The van der Waals surface area contributed by atoms with Crippen LogP contribution >= 0.6 is 23.2 Å². The number of benzene rings is 1. The lowest BCUT2D eigenvalue weighted by atomic mass is 10.4. The van der Waals surface area contributed by atoms with Gasteiger partial charge in [-0.2, -0.15) is 4.98 Å². The Morgan fingerprint density at radius 2 is 1.89 bits per heavy atom. The highest BCUT2D eigenvalue weighted by Gasteiger charge is 2.24. The smallest absolute Gasteiger partial charge is 0.223 e. The Labute approximate surface area is 114 Å². The Hall–Kier alpha value is -1.11. The van der Waals surface area contributed by atoms with Crippen molar-refractivity contribution >= 4 is 33.0 Å². The van der Waals surface area contributed by atoms with Crippen molar-refractivity contribution in [1.82, 2.24) is 10.1 Å². The second kappa shape index (κ2) is 4.87. The maximum absolute atomic E-state index is 12.2. The molecule has 0 aliphatic heterocycles. The lowest BCUT2D eigenvalue weighted by Gasteiger charge is -2.06. The maximum Gasteiger partial charge on any atom is 0.223 e. The molecule has 0 amide bonds. The molecule has 8 heteroatoms. The molecule has 1 aromatic heterocycles. The molecule has 0 fully saturated rings. The van der Waals surface area contributed by atoms with Crippen molar-refractivity contribution in [2.24, 2.45) is 0 Å². The van der Waals surface area contributed by atoms with Gasteiger partial charge in [-0.25, -0.2) is 8.42 Å². The van der Waals surface area contributed by atoms with E-state index < -0.39 is 15.6 Å². The molecule has 1 heterocycles. The van der Waals surface area contributed by atoms with Crippen molar-refractivity contribution in [3.05, 3.63) is 40.0 Å². The summed E-state index contributed by atoms with van der Waals surface area (Å²) in [5, 5.41) is 3.68. The van der Waals surface area contributed by atoms with Crippen molar-refractivity contribution < 1.29 is 12.9 Å². The van der Waals surface area contributed by atoms with E-state index in [-0.39, 0.29) is 20.8 Å². The minimum absolute atomic E-state index is 0.0720. The van der Waals surface area contributed by atoms with E-state index in [1.807, 2.05) is 0 Å². The van der Waals surface area contributed by atoms with Crippen molar-refractivity contribution in [3.63, 3.8) is 0 Å². The normalized spacial score (nSPS) is 11.7. The molecule has 0 unspecified atom stereocenters. The Balaban J connectivity index is 2.43. The molecule has 2 aromatic rings. The van der Waals surface area contributed by atoms with Gasteiger partial charge in [-0.05, 0) is 12.1 Å². The first-order valence-electron chi connectivity index (χ1n) is 4.86. The Morgan fingerprint density at radius 3 is 2.39 bits per heavy atom. The lowest BCUT2D eigenvalue weighted by Crippen LogP contribution is -2.07. The van der Waals surface area contributed by atoms with Crippen LogP contribution in [-0.2, 0) is 15.6 Å². The van der Waals surface area contributed by atoms with E-state index in [0.717, 1.165) is 0 Å².